The van der Waals surface area contributed by atoms with Gasteiger partial charge in [-0.2, -0.15) is 0 Å². The summed E-state index contributed by atoms with van der Waals surface area (Å²) < 4.78 is 6.08. The van der Waals surface area contributed by atoms with Crippen LogP contribution in [0.25, 0.3) is 0 Å². The summed E-state index contributed by atoms with van der Waals surface area (Å²) >= 11 is 1.73. The number of hydrogen-bond acceptors (Lipinski definition) is 5. The monoisotopic (exact) mass is 385 g/mol. The van der Waals surface area contributed by atoms with Crippen molar-refractivity contribution in [3.63, 3.8) is 0 Å². The van der Waals surface area contributed by atoms with Crippen LogP contribution in [0.15, 0.2) is 47.4 Å². The molecule has 1 saturated heterocycles. The molecule has 2 aromatic carbocycles. The summed E-state index contributed by atoms with van der Waals surface area (Å²) in [4.78, 5) is 6.30. The van der Waals surface area contributed by atoms with E-state index in [9.17, 15) is 0 Å². The second kappa shape index (κ2) is 9.60. The zero-order valence-corrected chi connectivity index (χ0v) is 17.5. The molecule has 5 heteroatoms. The van der Waals surface area contributed by atoms with E-state index in [0.29, 0.717) is 12.6 Å². The fourth-order valence-corrected chi connectivity index (χ4v) is 3.87. The van der Waals surface area contributed by atoms with Crippen molar-refractivity contribution in [3.8, 4) is 11.5 Å². The molecule has 0 unspecified atom stereocenters. The van der Waals surface area contributed by atoms with E-state index < -0.39 is 0 Å². The van der Waals surface area contributed by atoms with Gasteiger partial charge in [0.15, 0.2) is 0 Å². The molecule has 1 heterocycles. The molecule has 1 aliphatic heterocycles. The third kappa shape index (κ3) is 5.48. The molecule has 1 fully saturated rings. The number of ether oxygens (including phenoxy) is 1. The lowest BCUT2D eigenvalue weighted by molar-refractivity contribution is 0.104. The van der Waals surface area contributed by atoms with Gasteiger partial charge in [0.25, 0.3) is 0 Å². The van der Waals surface area contributed by atoms with Crippen LogP contribution in [0, 0.1) is 0 Å². The zero-order valence-electron chi connectivity index (χ0n) is 16.6. The van der Waals surface area contributed by atoms with Crippen LogP contribution >= 0.6 is 11.8 Å². The van der Waals surface area contributed by atoms with E-state index in [1.807, 2.05) is 12.1 Å². The second-order valence-electron chi connectivity index (χ2n) is 7.33. The van der Waals surface area contributed by atoms with Gasteiger partial charge in [0, 0.05) is 55.8 Å². The van der Waals surface area contributed by atoms with E-state index in [0.717, 1.165) is 49.8 Å². The fourth-order valence-electron chi connectivity index (χ4n) is 3.46. The van der Waals surface area contributed by atoms with Gasteiger partial charge in [-0.1, -0.05) is 6.07 Å². The average Bonchev–Trinajstić information content (AvgIpc) is 2.70. The average molecular weight is 386 g/mol. The number of piperazine rings is 1. The van der Waals surface area contributed by atoms with Crippen molar-refractivity contribution in [2.45, 2.75) is 37.9 Å². The molecule has 0 saturated carbocycles. The molecule has 0 aromatic heterocycles. The van der Waals surface area contributed by atoms with Gasteiger partial charge in [0.1, 0.15) is 11.5 Å². The Morgan fingerprint density at radius 3 is 2.33 bits per heavy atom. The first kappa shape index (κ1) is 20.2. The summed E-state index contributed by atoms with van der Waals surface area (Å²) in [6, 6.07) is 15.2. The highest BCUT2D eigenvalue weighted by Crippen LogP contribution is 2.28. The predicted molar refractivity (Wildman–Crippen MR) is 115 cm³/mol. The van der Waals surface area contributed by atoms with Gasteiger partial charge in [-0.25, -0.2) is 0 Å². The van der Waals surface area contributed by atoms with Gasteiger partial charge in [-0.15, -0.1) is 11.8 Å². The van der Waals surface area contributed by atoms with Crippen LogP contribution in [-0.2, 0) is 13.1 Å². The van der Waals surface area contributed by atoms with Crippen molar-refractivity contribution < 1.29 is 4.74 Å². The normalized spacial score (nSPS) is 16.0. The maximum absolute atomic E-state index is 6.08. The molecule has 0 bridgehead atoms. The number of rotatable bonds is 7. The van der Waals surface area contributed by atoms with Crippen molar-refractivity contribution in [1.29, 1.82) is 0 Å². The Kier molecular flexibility index (Phi) is 7.19. The van der Waals surface area contributed by atoms with Crippen molar-refractivity contribution in [2.75, 3.05) is 32.4 Å². The molecule has 0 amide bonds. The van der Waals surface area contributed by atoms with Crippen LogP contribution in [0.5, 0.6) is 11.5 Å². The molecule has 27 heavy (non-hydrogen) atoms. The van der Waals surface area contributed by atoms with Crippen LogP contribution in [0.1, 0.15) is 25.0 Å². The first-order valence-corrected chi connectivity index (χ1v) is 10.9. The van der Waals surface area contributed by atoms with Crippen LogP contribution in [0.3, 0.4) is 0 Å². The van der Waals surface area contributed by atoms with Crippen molar-refractivity contribution in [3.05, 3.63) is 53.6 Å². The van der Waals surface area contributed by atoms with E-state index in [2.05, 4.69) is 60.2 Å². The Morgan fingerprint density at radius 1 is 1.04 bits per heavy atom. The van der Waals surface area contributed by atoms with Crippen LogP contribution in [0.2, 0.25) is 0 Å². The van der Waals surface area contributed by atoms with Crippen LogP contribution in [-0.4, -0.2) is 48.3 Å². The summed E-state index contributed by atoms with van der Waals surface area (Å²) in [6.07, 6.45) is 2.07. The first-order valence-electron chi connectivity index (χ1n) is 9.69. The Balaban J connectivity index is 1.63. The molecule has 4 nitrogen and oxygen atoms in total. The quantitative estimate of drug-likeness (QED) is 0.724. The van der Waals surface area contributed by atoms with E-state index >= 15 is 0 Å². The minimum Gasteiger partial charge on any atom is -0.457 e. The van der Waals surface area contributed by atoms with Gasteiger partial charge in [-0.05, 0) is 62.1 Å². The maximum Gasteiger partial charge on any atom is 0.131 e. The molecule has 2 N–H and O–H groups in total. The molecule has 0 aliphatic carbocycles. The summed E-state index contributed by atoms with van der Waals surface area (Å²) in [5.74, 6) is 1.70. The number of nitrogens with zero attached hydrogens (tertiary/aromatic N) is 2. The SMILES string of the molecule is CSc1ccc(Oc2ccc(CN3CCN(C(C)C)CC3)cc2CN)cc1. The Morgan fingerprint density at radius 2 is 1.74 bits per heavy atom. The lowest BCUT2D eigenvalue weighted by Gasteiger charge is -2.37. The van der Waals surface area contributed by atoms with Gasteiger partial charge in [0.05, 0.1) is 0 Å². The Labute approximate surface area is 167 Å². The maximum atomic E-state index is 6.08. The summed E-state index contributed by atoms with van der Waals surface area (Å²) in [5.41, 5.74) is 8.36. The van der Waals surface area contributed by atoms with E-state index in [1.54, 1.807) is 11.8 Å². The van der Waals surface area contributed by atoms with Crippen molar-refractivity contribution >= 4 is 11.8 Å². The summed E-state index contributed by atoms with van der Waals surface area (Å²) in [7, 11) is 0. The second-order valence-corrected chi connectivity index (χ2v) is 8.21. The lowest BCUT2D eigenvalue weighted by atomic mass is 10.1. The molecule has 2 aromatic rings. The number of nitrogens with two attached hydrogens (primary N) is 1. The van der Waals surface area contributed by atoms with E-state index in [1.165, 1.54) is 10.5 Å². The van der Waals surface area contributed by atoms with Gasteiger partial charge in [0.2, 0.25) is 0 Å². The van der Waals surface area contributed by atoms with Gasteiger partial charge < -0.3 is 10.5 Å². The summed E-state index contributed by atoms with van der Waals surface area (Å²) in [6.45, 7) is 10.5. The minimum atomic E-state index is 0.479. The standard InChI is InChI=1S/C22H31N3OS/c1-17(2)25-12-10-24(11-13-25)16-18-4-9-22(19(14-18)15-23)26-20-5-7-21(27-3)8-6-20/h4-9,14,17H,10-13,15-16,23H2,1-3H3. The van der Waals surface area contributed by atoms with Crippen molar-refractivity contribution in [1.82, 2.24) is 9.80 Å². The third-order valence-corrected chi connectivity index (χ3v) is 5.92. The molecular weight excluding hydrogens is 354 g/mol. The topological polar surface area (TPSA) is 41.7 Å². The largest absolute Gasteiger partial charge is 0.457 e. The van der Waals surface area contributed by atoms with E-state index in [-0.39, 0.29) is 0 Å². The van der Waals surface area contributed by atoms with Gasteiger partial charge in [-0.3, -0.25) is 9.80 Å². The molecule has 0 radical (unpaired) electrons. The molecule has 0 atom stereocenters. The molecule has 1 aliphatic rings. The highest BCUT2D eigenvalue weighted by atomic mass is 32.2. The molecular formula is C22H31N3OS. The molecule has 146 valence electrons. The molecule has 3 rings (SSSR count). The fraction of sp³-hybridized carbons (Fsp3) is 0.455. The lowest BCUT2D eigenvalue weighted by Crippen LogP contribution is -2.48. The number of hydrogen-bond donors (Lipinski definition) is 1. The number of benzene rings is 2. The zero-order chi connectivity index (χ0) is 19.2. The first-order chi connectivity index (χ1) is 13.1. The highest BCUT2D eigenvalue weighted by Gasteiger charge is 2.19. The Hall–Kier alpha value is -1.53. The van der Waals surface area contributed by atoms with Gasteiger partial charge >= 0.3 is 0 Å². The third-order valence-electron chi connectivity index (χ3n) is 5.18. The number of thioether (sulfide) groups is 1. The molecule has 0 spiro atoms. The minimum absolute atomic E-state index is 0.479. The predicted octanol–water partition coefficient (Wildman–Crippen LogP) is 4.19. The Bertz CT molecular complexity index is 725. The van der Waals surface area contributed by atoms with Crippen molar-refractivity contribution in [2.24, 2.45) is 5.73 Å². The van der Waals surface area contributed by atoms with Crippen LogP contribution < -0.4 is 10.5 Å². The smallest absolute Gasteiger partial charge is 0.131 e. The van der Waals surface area contributed by atoms with Crippen LogP contribution in [0.4, 0.5) is 0 Å². The van der Waals surface area contributed by atoms with E-state index in [4.69, 9.17) is 10.5 Å². The highest BCUT2D eigenvalue weighted by molar-refractivity contribution is 7.98. The summed E-state index contributed by atoms with van der Waals surface area (Å²) in [5, 5.41) is 0.